The Labute approximate surface area is 183 Å². The van der Waals surface area contributed by atoms with Crippen molar-refractivity contribution in [2.45, 2.75) is 109 Å². The summed E-state index contributed by atoms with van der Waals surface area (Å²) in [6.45, 7) is 2.64. The van der Waals surface area contributed by atoms with Crippen molar-refractivity contribution in [3.05, 3.63) is 24.3 Å². The van der Waals surface area contributed by atoms with Crippen molar-refractivity contribution in [2.24, 2.45) is 0 Å². The van der Waals surface area contributed by atoms with Gasteiger partial charge in [0, 0.05) is 11.8 Å². The summed E-state index contributed by atoms with van der Waals surface area (Å²) < 4.78 is 5.16. The van der Waals surface area contributed by atoms with Crippen LogP contribution >= 0.6 is 0 Å². The van der Waals surface area contributed by atoms with Crippen molar-refractivity contribution in [3.8, 4) is 5.75 Å². The van der Waals surface area contributed by atoms with Crippen LogP contribution in [0.15, 0.2) is 24.3 Å². The molecule has 172 valence electrons. The third-order valence-electron chi connectivity index (χ3n) is 5.40. The first-order valence-corrected chi connectivity index (χ1v) is 12.0. The van der Waals surface area contributed by atoms with Crippen LogP contribution in [0.5, 0.6) is 5.75 Å². The van der Waals surface area contributed by atoms with Crippen molar-refractivity contribution in [2.75, 3.05) is 11.9 Å². The molecule has 0 bridgehead atoms. The number of hydrogen-bond acceptors (Lipinski definition) is 4. The molecular formula is C25H43NO4. The molecule has 0 saturated carbocycles. The predicted molar refractivity (Wildman–Crippen MR) is 124 cm³/mol. The molecule has 0 saturated heterocycles. The Morgan fingerprint density at radius 1 is 0.900 bits per heavy atom. The Bertz CT molecular complexity index is 550. The van der Waals surface area contributed by atoms with E-state index in [2.05, 4.69) is 12.2 Å². The lowest BCUT2D eigenvalue weighted by atomic mass is 10.0. The quantitative estimate of drug-likeness (QED) is 0.219. The number of aliphatic hydroxyl groups is 1. The maximum atomic E-state index is 11.7. The van der Waals surface area contributed by atoms with Gasteiger partial charge in [0.2, 0.25) is 0 Å². The number of benzene rings is 1. The van der Waals surface area contributed by atoms with Crippen LogP contribution in [-0.2, 0) is 4.74 Å². The third kappa shape index (κ3) is 15.1. The topological polar surface area (TPSA) is 78.8 Å². The number of ether oxygens (including phenoxy) is 1. The van der Waals surface area contributed by atoms with Gasteiger partial charge < -0.3 is 14.9 Å². The number of unbranched alkanes of at least 4 members (excludes halogenated alkanes) is 11. The van der Waals surface area contributed by atoms with Gasteiger partial charge in [0.15, 0.2) is 0 Å². The van der Waals surface area contributed by atoms with Crippen molar-refractivity contribution >= 4 is 11.8 Å². The number of carbonyl (C=O) groups excluding carboxylic acids is 1. The fraction of sp³-hybridized carbons (Fsp3) is 0.720. The number of nitrogens with one attached hydrogen (secondary N) is 1. The van der Waals surface area contributed by atoms with Crippen molar-refractivity contribution in [1.29, 1.82) is 0 Å². The summed E-state index contributed by atoms with van der Waals surface area (Å²) >= 11 is 0. The number of hydrogen-bond donors (Lipinski definition) is 3. The second kappa shape index (κ2) is 18.1. The van der Waals surface area contributed by atoms with Crippen LogP contribution < -0.4 is 5.32 Å². The molecule has 1 aromatic rings. The number of phenols is 1. The van der Waals surface area contributed by atoms with Gasteiger partial charge in [0.05, 0.1) is 12.7 Å². The van der Waals surface area contributed by atoms with E-state index < -0.39 is 6.09 Å². The molecule has 0 aliphatic heterocycles. The Hall–Kier alpha value is -1.75. The van der Waals surface area contributed by atoms with E-state index in [0.717, 1.165) is 32.1 Å². The van der Waals surface area contributed by atoms with Crippen LogP contribution in [0.3, 0.4) is 0 Å². The van der Waals surface area contributed by atoms with Crippen LogP contribution in [0, 0.1) is 0 Å². The lowest BCUT2D eigenvalue weighted by molar-refractivity contribution is 0.147. The number of carbonyl (C=O) groups is 1. The van der Waals surface area contributed by atoms with Crippen molar-refractivity contribution in [3.63, 3.8) is 0 Å². The van der Waals surface area contributed by atoms with E-state index in [0.29, 0.717) is 12.3 Å². The largest absolute Gasteiger partial charge is 0.508 e. The highest BCUT2D eigenvalue weighted by Crippen LogP contribution is 2.16. The van der Waals surface area contributed by atoms with Gasteiger partial charge in [-0.05, 0) is 31.4 Å². The number of aliphatic hydroxyl groups excluding tert-OH is 1. The SMILES string of the molecule is CCCCCCC(O)CCCCCCCCCCCOC(=O)Nc1cccc(O)c1. The van der Waals surface area contributed by atoms with Crippen LogP contribution in [0.25, 0.3) is 0 Å². The number of anilines is 1. The molecular weight excluding hydrogens is 378 g/mol. The zero-order chi connectivity index (χ0) is 21.9. The van der Waals surface area contributed by atoms with E-state index in [1.807, 2.05) is 0 Å². The minimum absolute atomic E-state index is 0.0917. The van der Waals surface area contributed by atoms with Crippen molar-refractivity contribution in [1.82, 2.24) is 0 Å². The van der Waals surface area contributed by atoms with Gasteiger partial charge in [-0.15, -0.1) is 0 Å². The Kier molecular flexibility index (Phi) is 15.8. The molecule has 0 aliphatic rings. The molecule has 5 nitrogen and oxygen atoms in total. The van der Waals surface area contributed by atoms with Gasteiger partial charge in [-0.1, -0.05) is 90.0 Å². The first kappa shape index (κ1) is 26.3. The maximum Gasteiger partial charge on any atom is 0.411 e. The van der Waals surface area contributed by atoms with Crippen LogP contribution in [-0.4, -0.2) is 29.0 Å². The van der Waals surface area contributed by atoms with E-state index in [1.165, 1.54) is 70.3 Å². The standard InChI is InChI=1S/C25H43NO4/c1-2-3-4-12-17-23(27)18-13-10-8-6-5-7-9-11-14-20-30-25(29)26-22-16-15-19-24(28)21-22/h15-16,19,21,23,27-28H,2-14,17-18,20H2,1H3,(H,26,29). The highest BCUT2D eigenvalue weighted by atomic mass is 16.5. The average molecular weight is 422 g/mol. The molecule has 0 fully saturated rings. The zero-order valence-corrected chi connectivity index (χ0v) is 18.9. The molecule has 5 heteroatoms. The summed E-state index contributed by atoms with van der Waals surface area (Å²) in [7, 11) is 0. The highest BCUT2D eigenvalue weighted by molar-refractivity contribution is 5.84. The van der Waals surface area contributed by atoms with Gasteiger partial charge in [-0.3, -0.25) is 5.32 Å². The number of phenolic OH excluding ortho intramolecular Hbond substituents is 1. The Morgan fingerprint density at radius 3 is 2.07 bits per heavy atom. The summed E-state index contributed by atoms with van der Waals surface area (Å²) in [4.78, 5) is 11.7. The monoisotopic (exact) mass is 421 g/mol. The van der Waals surface area contributed by atoms with Gasteiger partial charge in [-0.2, -0.15) is 0 Å². The van der Waals surface area contributed by atoms with E-state index >= 15 is 0 Å². The number of aromatic hydroxyl groups is 1. The summed E-state index contributed by atoms with van der Waals surface area (Å²) in [5.41, 5.74) is 0.529. The van der Waals surface area contributed by atoms with E-state index in [9.17, 15) is 15.0 Å². The first-order chi connectivity index (χ1) is 14.6. The van der Waals surface area contributed by atoms with Crippen LogP contribution in [0.2, 0.25) is 0 Å². The molecule has 1 atom stereocenters. The molecule has 1 amide bonds. The third-order valence-corrected chi connectivity index (χ3v) is 5.40. The van der Waals surface area contributed by atoms with E-state index in [1.54, 1.807) is 18.2 Å². The molecule has 0 aliphatic carbocycles. The van der Waals surface area contributed by atoms with E-state index in [4.69, 9.17) is 4.74 Å². The zero-order valence-electron chi connectivity index (χ0n) is 18.9. The molecule has 1 unspecified atom stereocenters. The molecule has 1 aromatic carbocycles. The summed E-state index contributed by atoms with van der Waals surface area (Å²) in [5.74, 6) is 0.114. The minimum Gasteiger partial charge on any atom is -0.508 e. The lowest BCUT2D eigenvalue weighted by Gasteiger charge is -2.10. The van der Waals surface area contributed by atoms with E-state index in [-0.39, 0.29) is 11.9 Å². The molecule has 0 heterocycles. The smallest absolute Gasteiger partial charge is 0.411 e. The van der Waals surface area contributed by atoms with Crippen LogP contribution in [0.1, 0.15) is 103 Å². The van der Waals surface area contributed by atoms with Gasteiger partial charge in [-0.25, -0.2) is 4.79 Å². The molecule has 0 radical (unpaired) electrons. The first-order valence-electron chi connectivity index (χ1n) is 12.0. The second-order valence-corrected chi connectivity index (χ2v) is 8.29. The number of rotatable bonds is 18. The van der Waals surface area contributed by atoms with Crippen LogP contribution in [0.4, 0.5) is 10.5 Å². The minimum atomic E-state index is -0.480. The predicted octanol–water partition coefficient (Wildman–Crippen LogP) is 7.17. The molecule has 1 rings (SSSR count). The summed E-state index contributed by atoms with van der Waals surface area (Å²) in [6, 6.07) is 6.41. The van der Waals surface area contributed by atoms with Gasteiger partial charge in [0.1, 0.15) is 5.75 Å². The second-order valence-electron chi connectivity index (χ2n) is 8.29. The fourth-order valence-electron chi connectivity index (χ4n) is 3.57. The maximum absolute atomic E-state index is 11.7. The normalized spacial score (nSPS) is 11.9. The van der Waals surface area contributed by atoms with Gasteiger partial charge in [0.25, 0.3) is 0 Å². The number of amides is 1. The molecule has 3 N–H and O–H groups in total. The highest BCUT2D eigenvalue weighted by Gasteiger charge is 2.04. The fourth-order valence-corrected chi connectivity index (χ4v) is 3.57. The Balaban J connectivity index is 1.82. The summed E-state index contributed by atoms with van der Waals surface area (Å²) in [5, 5.41) is 21.9. The van der Waals surface area contributed by atoms with Crippen molar-refractivity contribution < 1.29 is 19.7 Å². The van der Waals surface area contributed by atoms with Gasteiger partial charge >= 0.3 is 6.09 Å². The molecule has 0 aromatic heterocycles. The average Bonchev–Trinajstić information content (AvgIpc) is 2.72. The summed E-state index contributed by atoms with van der Waals surface area (Å²) in [6.07, 6.45) is 16.9. The molecule has 0 spiro atoms. The Morgan fingerprint density at radius 2 is 1.47 bits per heavy atom. The molecule has 30 heavy (non-hydrogen) atoms. The lowest BCUT2D eigenvalue weighted by Crippen LogP contribution is -2.14.